The summed E-state index contributed by atoms with van der Waals surface area (Å²) in [4.78, 5) is 4.79. The molecule has 1 aromatic heterocycles. The first-order valence-corrected chi connectivity index (χ1v) is 10.3. The van der Waals surface area contributed by atoms with E-state index in [1.165, 1.54) is 0 Å². The first kappa shape index (κ1) is 23.9. The van der Waals surface area contributed by atoms with Crippen LogP contribution in [0, 0.1) is 5.92 Å². The van der Waals surface area contributed by atoms with E-state index in [1.54, 1.807) is 6.33 Å². The fourth-order valence-electron chi connectivity index (χ4n) is 3.24. The minimum atomic E-state index is 0. The van der Waals surface area contributed by atoms with Gasteiger partial charge in [-0.2, -0.15) is 0 Å². The maximum Gasteiger partial charge on any atom is 0.191 e. The van der Waals surface area contributed by atoms with Gasteiger partial charge in [-0.1, -0.05) is 36.7 Å². The number of benzene rings is 1. The zero-order valence-corrected chi connectivity index (χ0v) is 20.1. The summed E-state index contributed by atoms with van der Waals surface area (Å²) in [6.07, 6.45) is 3.70. The topological polar surface area (TPSA) is 76.4 Å². The lowest BCUT2D eigenvalue weighted by Crippen LogP contribution is -2.40. The molecule has 2 aromatic rings. The number of rotatable bonds is 8. The van der Waals surface area contributed by atoms with Crippen molar-refractivity contribution in [3.05, 3.63) is 47.0 Å². The van der Waals surface area contributed by atoms with Crippen molar-refractivity contribution < 1.29 is 4.74 Å². The van der Waals surface area contributed by atoms with Gasteiger partial charge >= 0.3 is 0 Å². The highest BCUT2D eigenvalue weighted by Crippen LogP contribution is 2.22. The molecule has 9 heteroatoms. The number of guanidine groups is 1. The van der Waals surface area contributed by atoms with Crippen LogP contribution in [0.15, 0.2) is 35.6 Å². The number of hydrogen-bond acceptors (Lipinski definition) is 4. The van der Waals surface area contributed by atoms with Gasteiger partial charge in [0.25, 0.3) is 0 Å². The molecule has 3 rings (SSSR count). The summed E-state index contributed by atoms with van der Waals surface area (Å²) in [5.41, 5.74) is 1.05. The normalized spacial score (nSPS) is 17.6. The summed E-state index contributed by atoms with van der Waals surface area (Å²) in [5.74, 6) is 2.25. The van der Waals surface area contributed by atoms with E-state index in [4.69, 9.17) is 21.3 Å². The molecule has 7 nitrogen and oxygen atoms in total. The SMILES string of the molecule is CCc1nncn1CCNC(=NCC1CCOC1)NC(C)c1ccccc1Cl.I. The fraction of sp³-hybridized carbons (Fsp3) is 0.550. The molecule has 2 N–H and O–H groups in total. The van der Waals surface area contributed by atoms with Crippen molar-refractivity contribution in [1.29, 1.82) is 0 Å². The van der Waals surface area contributed by atoms with Crippen molar-refractivity contribution in [1.82, 2.24) is 25.4 Å². The molecule has 1 aliphatic rings. The van der Waals surface area contributed by atoms with Crippen LogP contribution in [0.5, 0.6) is 0 Å². The van der Waals surface area contributed by atoms with Crippen LogP contribution in [0.3, 0.4) is 0 Å². The first-order valence-electron chi connectivity index (χ1n) is 9.91. The van der Waals surface area contributed by atoms with Gasteiger partial charge in [0.15, 0.2) is 5.96 Å². The van der Waals surface area contributed by atoms with Crippen molar-refractivity contribution in [3.8, 4) is 0 Å². The van der Waals surface area contributed by atoms with E-state index in [2.05, 4.69) is 39.2 Å². The molecular weight excluding hydrogens is 503 g/mol. The quantitative estimate of drug-likeness (QED) is 0.309. The number of aliphatic imine (C=N–C) groups is 1. The lowest BCUT2D eigenvalue weighted by Gasteiger charge is -2.20. The van der Waals surface area contributed by atoms with Gasteiger partial charge in [0.1, 0.15) is 12.2 Å². The largest absolute Gasteiger partial charge is 0.381 e. The molecule has 0 aliphatic carbocycles. The third-order valence-corrected chi connectivity index (χ3v) is 5.26. The fourth-order valence-corrected chi connectivity index (χ4v) is 3.54. The Morgan fingerprint density at radius 1 is 1.41 bits per heavy atom. The molecule has 1 aromatic carbocycles. The van der Waals surface area contributed by atoms with E-state index in [0.29, 0.717) is 5.92 Å². The Morgan fingerprint density at radius 2 is 2.24 bits per heavy atom. The average molecular weight is 533 g/mol. The van der Waals surface area contributed by atoms with Crippen LogP contribution in [-0.4, -0.2) is 47.0 Å². The van der Waals surface area contributed by atoms with Crippen molar-refractivity contribution in [3.63, 3.8) is 0 Å². The third-order valence-electron chi connectivity index (χ3n) is 4.91. The molecular formula is C20H30ClIN6O. The number of aromatic nitrogens is 3. The Bertz CT molecular complexity index is 778. The molecule has 1 aliphatic heterocycles. The number of hydrogen-bond donors (Lipinski definition) is 2. The highest BCUT2D eigenvalue weighted by atomic mass is 127. The zero-order chi connectivity index (χ0) is 19.8. The zero-order valence-electron chi connectivity index (χ0n) is 17.0. The van der Waals surface area contributed by atoms with Crippen LogP contribution in [0.2, 0.25) is 5.02 Å². The van der Waals surface area contributed by atoms with E-state index in [-0.39, 0.29) is 30.0 Å². The van der Waals surface area contributed by atoms with E-state index in [1.807, 2.05) is 24.3 Å². The second kappa shape index (κ2) is 12.3. The smallest absolute Gasteiger partial charge is 0.191 e. The lowest BCUT2D eigenvalue weighted by atomic mass is 10.1. The molecule has 2 atom stereocenters. The Kier molecular flexibility index (Phi) is 10.2. The van der Waals surface area contributed by atoms with Crippen LogP contribution in [0.25, 0.3) is 0 Å². The van der Waals surface area contributed by atoms with E-state index in [9.17, 15) is 0 Å². The number of nitrogens with one attached hydrogen (secondary N) is 2. The Labute approximate surface area is 194 Å². The molecule has 1 fully saturated rings. The van der Waals surface area contributed by atoms with Gasteiger partial charge in [0.05, 0.1) is 12.6 Å². The first-order chi connectivity index (χ1) is 13.7. The monoisotopic (exact) mass is 532 g/mol. The number of halogens is 2. The Morgan fingerprint density at radius 3 is 2.97 bits per heavy atom. The van der Waals surface area contributed by atoms with Crippen molar-refractivity contribution >= 4 is 41.5 Å². The maximum absolute atomic E-state index is 6.35. The third kappa shape index (κ3) is 7.11. The molecule has 0 saturated carbocycles. The van der Waals surface area contributed by atoms with Crippen molar-refractivity contribution in [2.45, 2.75) is 39.3 Å². The summed E-state index contributed by atoms with van der Waals surface area (Å²) in [6, 6.07) is 7.93. The Balaban J connectivity index is 0.00000300. The second-order valence-electron chi connectivity index (χ2n) is 7.03. The van der Waals surface area contributed by atoms with Crippen LogP contribution in [0.4, 0.5) is 0 Å². The van der Waals surface area contributed by atoms with Crippen LogP contribution >= 0.6 is 35.6 Å². The molecule has 2 heterocycles. The summed E-state index contributed by atoms with van der Waals surface area (Å²) in [6.45, 7) is 8.05. The number of ether oxygens (including phenoxy) is 1. The minimum absolute atomic E-state index is 0. The molecule has 1 saturated heterocycles. The van der Waals surface area contributed by atoms with Crippen LogP contribution in [0.1, 0.15) is 37.7 Å². The molecule has 0 spiro atoms. The summed E-state index contributed by atoms with van der Waals surface area (Å²) >= 11 is 6.35. The van der Waals surface area contributed by atoms with E-state index >= 15 is 0 Å². The van der Waals surface area contributed by atoms with Gasteiger partial charge in [-0.25, -0.2) is 0 Å². The molecule has 2 unspecified atom stereocenters. The van der Waals surface area contributed by atoms with E-state index < -0.39 is 0 Å². The molecule has 0 radical (unpaired) electrons. The highest BCUT2D eigenvalue weighted by molar-refractivity contribution is 14.0. The van der Waals surface area contributed by atoms with Gasteiger partial charge in [-0.15, -0.1) is 34.2 Å². The van der Waals surface area contributed by atoms with Crippen LogP contribution < -0.4 is 10.6 Å². The minimum Gasteiger partial charge on any atom is -0.381 e. The van der Waals surface area contributed by atoms with Gasteiger partial charge in [-0.05, 0) is 25.0 Å². The maximum atomic E-state index is 6.35. The predicted octanol–water partition coefficient (Wildman–Crippen LogP) is 3.44. The van der Waals surface area contributed by atoms with Gasteiger partial charge in [0, 0.05) is 43.6 Å². The molecule has 29 heavy (non-hydrogen) atoms. The second-order valence-corrected chi connectivity index (χ2v) is 7.43. The average Bonchev–Trinajstić information content (AvgIpc) is 3.37. The molecule has 0 amide bonds. The van der Waals surface area contributed by atoms with Gasteiger partial charge < -0.3 is 19.9 Å². The summed E-state index contributed by atoms with van der Waals surface area (Å²) < 4.78 is 7.53. The highest BCUT2D eigenvalue weighted by Gasteiger charge is 2.16. The summed E-state index contributed by atoms with van der Waals surface area (Å²) in [7, 11) is 0. The van der Waals surface area contributed by atoms with Crippen molar-refractivity contribution in [2.75, 3.05) is 26.3 Å². The number of aryl methyl sites for hydroxylation is 1. The van der Waals surface area contributed by atoms with E-state index in [0.717, 1.165) is 68.1 Å². The lowest BCUT2D eigenvalue weighted by molar-refractivity contribution is 0.187. The van der Waals surface area contributed by atoms with Gasteiger partial charge in [0.2, 0.25) is 0 Å². The Hall–Kier alpha value is -1.39. The number of nitrogens with zero attached hydrogens (tertiary/aromatic N) is 4. The molecule has 0 bridgehead atoms. The van der Waals surface area contributed by atoms with Crippen molar-refractivity contribution in [2.24, 2.45) is 10.9 Å². The molecule has 160 valence electrons. The standard InChI is InChI=1S/C20H29ClN6O.HI/c1-3-19-26-24-14-27(19)10-9-22-20(23-12-16-8-11-28-13-16)25-15(2)17-6-4-5-7-18(17)21;/h4-7,14-16H,3,8-13H2,1-2H3,(H2,22,23,25);1H. The summed E-state index contributed by atoms with van der Waals surface area (Å²) in [5, 5.41) is 15.8. The predicted molar refractivity (Wildman–Crippen MR) is 127 cm³/mol. The van der Waals surface area contributed by atoms with Gasteiger partial charge in [-0.3, -0.25) is 4.99 Å². The van der Waals surface area contributed by atoms with Crippen LogP contribution in [-0.2, 0) is 17.7 Å².